The minimum atomic E-state index is 0.0226. The van der Waals surface area contributed by atoms with Crippen LogP contribution in [0.3, 0.4) is 0 Å². The molecule has 1 aromatic rings. The largest absolute Gasteiger partial charge is 0.483 e. The monoisotopic (exact) mass is 369 g/mol. The molecular formula is C24H35NO2. The van der Waals surface area contributed by atoms with E-state index in [1.54, 1.807) is 0 Å². The number of carbonyl (C=O) groups is 1. The summed E-state index contributed by atoms with van der Waals surface area (Å²) in [6.07, 6.45) is 8.27. The molecule has 4 saturated carbocycles. The summed E-state index contributed by atoms with van der Waals surface area (Å²) >= 11 is 0. The van der Waals surface area contributed by atoms with Gasteiger partial charge in [-0.1, -0.05) is 26.0 Å². The first-order valence-corrected chi connectivity index (χ1v) is 10.9. The van der Waals surface area contributed by atoms with Crippen molar-refractivity contribution in [1.82, 2.24) is 5.32 Å². The van der Waals surface area contributed by atoms with Gasteiger partial charge in [0.05, 0.1) is 0 Å². The Kier molecular flexibility index (Phi) is 4.98. The fourth-order valence-corrected chi connectivity index (χ4v) is 6.53. The summed E-state index contributed by atoms with van der Waals surface area (Å²) in [5.41, 5.74) is 2.68. The van der Waals surface area contributed by atoms with Crippen LogP contribution in [0, 0.1) is 30.1 Å². The highest BCUT2D eigenvalue weighted by molar-refractivity contribution is 5.78. The number of hydrogen-bond acceptors (Lipinski definition) is 2. The Hall–Kier alpha value is -1.51. The number of ether oxygens (including phenoxy) is 1. The van der Waals surface area contributed by atoms with Crippen molar-refractivity contribution in [2.45, 2.75) is 78.2 Å². The smallest absolute Gasteiger partial charge is 0.258 e. The highest BCUT2D eigenvalue weighted by Gasteiger charge is 2.53. The van der Waals surface area contributed by atoms with Crippen molar-refractivity contribution in [3.05, 3.63) is 29.3 Å². The maximum Gasteiger partial charge on any atom is 0.258 e. The van der Waals surface area contributed by atoms with E-state index in [4.69, 9.17) is 4.74 Å². The molecule has 1 atom stereocenters. The molecule has 1 aromatic carbocycles. The van der Waals surface area contributed by atoms with Gasteiger partial charge in [-0.15, -0.1) is 0 Å². The first-order chi connectivity index (χ1) is 12.8. The molecule has 3 nitrogen and oxygen atoms in total. The van der Waals surface area contributed by atoms with E-state index < -0.39 is 0 Å². The summed E-state index contributed by atoms with van der Waals surface area (Å²) < 4.78 is 5.95. The van der Waals surface area contributed by atoms with Gasteiger partial charge in [-0.25, -0.2) is 0 Å². The van der Waals surface area contributed by atoms with E-state index in [0.717, 1.165) is 29.1 Å². The third kappa shape index (κ3) is 3.75. The summed E-state index contributed by atoms with van der Waals surface area (Å²) in [6.45, 7) is 8.72. The third-order valence-corrected chi connectivity index (χ3v) is 7.53. The van der Waals surface area contributed by atoms with Crippen molar-refractivity contribution in [1.29, 1.82) is 0 Å². The van der Waals surface area contributed by atoms with Crippen LogP contribution in [0.2, 0.25) is 0 Å². The van der Waals surface area contributed by atoms with Crippen LogP contribution in [-0.4, -0.2) is 18.6 Å². The molecule has 1 amide bonds. The molecular weight excluding hydrogens is 334 g/mol. The van der Waals surface area contributed by atoms with Gasteiger partial charge in [0.2, 0.25) is 0 Å². The number of benzene rings is 1. The molecule has 148 valence electrons. The number of aryl methyl sites for hydroxylation is 1. The van der Waals surface area contributed by atoms with Gasteiger partial charge in [-0.2, -0.15) is 0 Å². The molecule has 1 unspecified atom stereocenters. The molecule has 5 rings (SSSR count). The normalized spacial score (nSPS) is 32.6. The molecule has 1 N–H and O–H groups in total. The third-order valence-electron chi connectivity index (χ3n) is 7.53. The summed E-state index contributed by atoms with van der Waals surface area (Å²) in [5, 5.41) is 3.31. The van der Waals surface area contributed by atoms with Gasteiger partial charge in [-0.05, 0) is 98.7 Å². The summed E-state index contributed by atoms with van der Waals surface area (Å²) in [4.78, 5) is 12.6. The van der Waals surface area contributed by atoms with Gasteiger partial charge in [0.15, 0.2) is 6.61 Å². The van der Waals surface area contributed by atoms with Crippen LogP contribution in [0.4, 0.5) is 0 Å². The van der Waals surface area contributed by atoms with Crippen molar-refractivity contribution < 1.29 is 9.53 Å². The Morgan fingerprint density at radius 3 is 2.26 bits per heavy atom. The van der Waals surface area contributed by atoms with E-state index in [9.17, 15) is 4.79 Å². The molecule has 0 aromatic heterocycles. The van der Waals surface area contributed by atoms with Crippen molar-refractivity contribution in [2.75, 3.05) is 6.61 Å². The number of carbonyl (C=O) groups excluding carboxylic acids is 1. The minimum absolute atomic E-state index is 0.0226. The molecule has 0 saturated heterocycles. The topological polar surface area (TPSA) is 38.3 Å². The molecule has 0 radical (unpaired) electrons. The Morgan fingerprint density at radius 2 is 1.70 bits per heavy atom. The lowest BCUT2D eigenvalue weighted by Gasteiger charge is -2.59. The predicted octanol–water partition coefficient (Wildman–Crippen LogP) is 5.22. The van der Waals surface area contributed by atoms with Gasteiger partial charge >= 0.3 is 0 Å². The standard InChI is InChI=1S/C24H35NO2/c1-15(2)21-6-5-16(3)7-22(21)27-14-23(26)25-17(4)24-11-18-8-19(12-24)10-20(9-18)13-24/h5-7,15,17-20H,8-14H2,1-4H3,(H,25,26). The zero-order chi connectivity index (χ0) is 19.2. The van der Waals surface area contributed by atoms with E-state index in [1.165, 1.54) is 44.1 Å². The quantitative estimate of drug-likeness (QED) is 0.747. The molecule has 3 heteroatoms. The van der Waals surface area contributed by atoms with Crippen LogP contribution in [0.1, 0.15) is 76.3 Å². The first kappa shape index (κ1) is 18.8. The Bertz CT molecular complexity index is 673. The minimum Gasteiger partial charge on any atom is -0.483 e. The van der Waals surface area contributed by atoms with Crippen molar-refractivity contribution >= 4 is 5.91 Å². The molecule has 0 spiro atoms. The first-order valence-electron chi connectivity index (χ1n) is 10.9. The molecule has 27 heavy (non-hydrogen) atoms. The van der Waals surface area contributed by atoms with Gasteiger partial charge in [-0.3, -0.25) is 4.79 Å². The summed E-state index contributed by atoms with van der Waals surface area (Å²) in [5.74, 6) is 3.99. The average molecular weight is 370 g/mol. The lowest BCUT2D eigenvalue weighted by molar-refractivity contribution is -0.127. The molecule has 0 aliphatic heterocycles. The van der Waals surface area contributed by atoms with Crippen LogP contribution in [0.25, 0.3) is 0 Å². The SMILES string of the molecule is Cc1ccc(C(C)C)c(OCC(=O)NC(C)C23CC4CC(CC(C4)C2)C3)c1. The Balaban J connectivity index is 1.37. The average Bonchev–Trinajstić information content (AvgIpc) is 2.58. The Labute approximate surface area is 164 Å². The summed E-state index contributed by atoms with van der Waals surface area (Å²) in [7, 11) is 0. The zero-order valence-corrected chi connectivity index (χ0v) is 17.4. The number of amides is 1. The maximum absolute atomic E-state index is 12.6. The van der Waals surface area contributed by atoms with E-state index in [0.29, 0.717) is 11.3 Å². The van der Waals surface area contributed by atoms with Crippen molar-refractivity contribution in [3.63, 3.8) is 0 Å². The highest BCUT2D eigenvalue weighted by Crippen LogP contribution is 2.61. The fourth-order valence-electron chi connectivity index (χ4n) is 6.53. The van der Waals surface area contributed by atoms with E-state index in [-0.39, 0.29) is 18.6 Å². The number of hydrogen-bond donors (Lipinski definition) is 1. The number of rotatable bonds is 6. The van der Waals surface area contributed by atoms with E-state index >= 15 is 0 Å². The molecule has 4 fully saturated rings. The molecule has 4 aliphatic carbocycles. The number of nitrogens with one attached hydrogen (secondary N) is 1. The second kappa shape index (κ2) is 7.14. The zero-order valence-electron chi connectivity index (χ0n) is 17.4. The lowest BCUT2D eigenvalue weighted by atomic mass is 9.48. The van der Waals surface area contributed by atoms with Crippen LogP contribution in [-0.2, 0) is 4.79 Å². The van der Waals surface area contributed by atoms with Gasteiger partial charge in [0.1, 0.15) is 5.75 Å². The highest BCUT2D eigenvalue weighted by atomic mass is 16.5. The van der Waals surface area contributed by atoms with Gasteiger partial charge in [0, 0.05) is 6.04 Å². The fraction of sp³-hybridized carbons (Fsp3) is 0.708. The Morgan fingerprint density at radius 1 is 1.11 bits per heavy atom. The maximum atomic E-state index is 12.6. The second-order valence-corrected chi connectivity index (χ2v) is 10.1. The molecule has 4 aliphatic rings. The predicted molar refractivity (Wildman–Crippen MR) is 109 cm³/mol. The van der Waals surface area contributed by atoms with Gasteiger partial charge < -0.3 is 10.1 Å². The van der Waals surface area contributed by atoms with Crippen molar-refractivity contribution in [2.24, 2.45) is 23.2 Å². The van der Waals surface area contributed by atoms with Crippen LogP contribution in [0.15, 0.2) is 18.2 Å². The molecule has 4 bridgehead atoms. The van der Waals surface area contributed by atoms with E-state index in [2.05, 4.69) is 45.1 Å². The van der Waals surface area contributed by atoms with Crippen LogP contribution in [0.5, 0.6) is 5.75 Å². The van der Waals surface area contributed by atoms with Crippen LogP contribution < -0.4 is 10.1 Å². The second-order valence-electron chi connectivity index (χ2n) is 10.1. The van der Waals surface area contributed by atoms with Gasteiger partial charge in [0.25, 0.3) is 5.91 Å². The van der Waals surface area contributed by atoms with E-state index in [1.807, 2.05) is 6.07 Å². The summed E-state index contributed by atoms with van der Waals surface area (Å²) in [6, 6.07) is 6.53. The van der Waals surface area contributed by atoms with Crippen LogP contribution >= 0.6 is 0 Å². The lowest BCUT2D eigenvalue weighted by Crippen LogP contribution is -2.56. The van der Waals surface area contributed by atoms with Crippen molar-refractivity contribution in [3.8, 4) is 5.75 Å². The molecule has 0 heterocycles.